The third-order valence-electron chi connectivity index (χ3n) is 2.93. The predicted octanol–water partition coefficient (Wildman–Crippen LogP) is 3.18. The molecule has 19 heavy (non-hydrogen) atoms. The van der Waals surface area contributed by atoms with E-state index in [-0.39, 0.29) is 11.3 Å². The van der Waals surface area contributed by atoms with Crippen LogP contribution in [0.25, 0.3) is 11.0 Å². The summed E-state index contributed by atoms with van der Waals surface area (Å²) in [5, 5.41) is 4.47. The minimum atomic E-state index is 0.0813. The zero-order valence-electron chi connectivity index (χ0n) is 10.3. The van der Waals surface area contributed by atoms with E-state index in [2.05, 4.69) is 25.3 Å². The summed E-state index contributed by atoms with van der Waals surface area (Å²) in [4.78, 5) is 15.5. The Kier molecular flexibility index (Phi) is 3.05. The average molecular weight is 274 g/mol. The summed E-state index contributed by atoms with van der Waals surface area (Å²) in [6.45, 7) is 2.05. The minimum absolute atomic E-state index is 0.0813. The number of nitrogens with zero attached hydrogens (tertiary/aromatic N) is 3. The molecule has 0 saturated carbocycles. The summed E-state index contributed by atoms with van der Waals surface area (Å²) >= 11 is 5.92. The highest BCUT2D eigenvalue weighted by Gasteiger charge is 2.11. The number of aromatic amines is 1. The van der Waals surface area contributed by atoms with Gasteiger partial charge in [-0.15, -0.1) is 0 Å². The Labute approximate surface area is 115 Å². The van der Waals surface area contributed by atoms with Crippen LogP contribution in [0.5, 0.6) is 0 Å². The van der Waals surface area contributed by atoms with Crippen LogP contribution in [0, 0.1) is 0 Å². The molecule has 0 spiro atoms. The highest BCUT2D eigenvalue weighted by Crippen LogP contribution is 2.24. The highest BCUT2D eigenvalue weighted by atomic mass is 35.5. The van der Waals surface area contributed by atoms with Crippen molar-refractivity contribution < 1.29 is 0 Å². The minimum Gasteiger partial charge on any atom is -0.363 e. The zero-order valence-corrected chi connectivity index (χ0v) is 11.0. The summed E-state index contributed by atoms with van der Waals surface area (Å²) in [5.74, 6) is 0.715. The number of aromatic nitrogens is 4. The van der Waals surface area contributed by atoms with Gasteiger partial charge in [-0.3, -0.25) is 4.98 Å². The number of halogens is 1. The largest absolute Gasteiger partial charge is 0.363 e. The van der Waals surface area contributed by atoms with Crippen molar-refractivity contribution in [3.05, 3.63) is 47.6 Å². The molecule has 0 fully saturated rings. The Hall–Kier alpha value is -2.14. The maximum atomic E-state index is 5.92. The molecule has 1 atom stereocenters. The van der Waals surface area contributed by atoms with Gasteiger partial charge in [0.2, 0.25) is 5.28 Å². The average Bonchev–Trinajstić information content (AvgIpc) is 2.88. The van der Waals surface area contributed by atoms with Crippen LogP contribution in [0.1, 0.15) is 18.5 Å². The van der Waals surface area contributed by atoms with E-state index in [1.165, 1.54) is 0 Å². The summed E-state index contributed by atoms with van der Waals surface area (Å²) in [5.41, 5.74) is 1.81. The van der Waals surface area contributed by atoms with Gasteiger partial charge < -0.3 is 10.3 Å². The lowest BCUT2D eigenvalue weighted by atomic mass is 10.1. The fourth-order valence-electron chi connectivity index (χ4n) is 1.94. The summed E-state index contributed by atoms with van der Waals surface area (Å²) in [6, 6.07) is 5.93. The molecule has 3 aromatic heterocycles. The molecule has 96 valence electrons. The fraction of sp³-hybridized carbons (Fsp3) is 0.154. The van der Waals surface area contributed by atoms with E-state index in [4.69, 9.17) is 11.6 Å². The quantitative estimate of drug-likeness (QED) is 0.719. The number of hydrogen-bond donors (Lipinski definition) is 2. The number of nitrogens with one attached hydrogen (secondary N) is 2. The van der Waals surface area contributed by atoms with E-state index < -0.39 is 0 Å². The van der Waals surface area contributed by atoms with Crippen LogP contribution in [-0.2, 0) is 0 Å². The van der Waals surface area contributed by atoms with Crippen molar-refractivity contribution in [2.75, 3.05) is 5.32 Å². The second-order valence-electron chi connectivity index (χ2n) is 4.23. The van der Waals surface area contributed by atoms with Gasteiger partial charge in [0.1, 0.15) is 11.5 Å². The molecular weight excluding hydrogens is 262 g/mol. The molecule has 0 radical (unpaired) electrons. The summed E-state index contributed by atoms with van der Waals surface area (Å²) in [7, 11) is 0. The van der Waals surface area contributed by atoms with Gasteiger partial charge >= 0.3 is 0 Å². The molecule has 0 aliphatic rings. The SMILES string of the molecule is CC(Nc1nc(Cl)nc2[nH]ccc12)c1cccnc1. The van der Waals surface area contributed by atoms with Gasteiger partial charge in [-0.05, 0) is 36.2 Å². The van der Waals surface area contributed by atoms with Gasteiger partial charge in [-0.25, -0.2) is 4.98 Å². The first-order valence-electron chi connectivity index (χ1n) is 5.91. The molecule has 0 aromatic carbocycles. The standard InChI is InChI=1S/C13H12ClN5/c1-8(9-3-2-5-15-7-9)17-12-10-4-6-16-11(10)18-13(14)19-12/h2-8H,1H3,(H2,16,17,18,19). The molecule has 0 aliphatic heterocycles. The highest BCUT2D eigenvalue weighted by molar-refractivity contribution is 6.28. The van der Waals surface area contributed by atoms with Crippen LogP contribution in [0.2, 0.25) is 5.28 Å². The molecule has 5 nitrogen and oxygen atoms in total. The number of pyridine rings is 1. The van der Waals surface area contributed by atoms with E-state index in [1.807, 2.05) is 37.5 Å². The van der Waals surface area contributed by atoms with E-state index >= 15 is 0 Å². The molecule has 0 aliphatic carbocycles. The van der Waals surface area contributed by atoms with Crippen LogP contribution >= 0.6 is 11.6 Å². The van der Waals surface area contributed by atoms with Crippen LogP contribution in [0.3, 0.4) is 0 Å². The second-order valence-corrected chi connectivity index (χ2v) is 4.57. The molecule has 3 aromatic rings. The maximum absolute atomic E-state index is 5.92. The number of anilines is 1. The molecule has 0 amide bonds. The van der Waals surface area contributed by atoms with Gasteiger partial charge in [-0.2, -0.15) is 4.98 Å². The number of fused-ring (bicyclic) bond motifs is 1. The third kappa shape index (κ3) is 2.37. The first-order chi connectivity index (χ1) is 9.24. The van der Waals surface area contributed by atoms with Crippen LogP contribution in [0.4, 0.5) is 5.82 Å². The Morgan fingerprint density at radius 2 is 2.21 bits per heavy atom. The lowest BCUT2D eigenvalue weighted by Gasteiger charge is -2.15. The van der Waals surface area contributed by atoms with Crippen molar-refractivity contribution in [1.29, 1.82) is 0 Å². The van der Waals surface area contributed by atoms with Gasteiger partial charge in [0, 0.05) is 18.6 Å². The zero-order chi connectivity index (χ0) is 13.2. The molecular formula is C13H12ClN5. The van der Waals surface area contributed by atoms with Crippen molar-refractivity contribution >= 4 is 28.5 Å². The van der Waals surface area contributed by atoms with Crippen LogP contribution in [-0.4, -0.2) is 19.9 Å². The van der Waals surface area contributed by atoms with Gasteiger partial charge in [0.05, 0.1) is 11.4 Å². The van der Waals surface area contributed by atoms with Crippen LogP contribution < -0.4 is 5.32 Å². The Morgan fingerprint density at radius 1 is 1.32 bits per heavy atom. The topological polar surface area (TPSA) is 66.5 Å². The number of rotatable bonds is 3. The lowest BCUT2D eigenvalue weighted by molar-refractivity contribution is 0.867. The molecule has 0 saturated heterocycles. The van der Waals surface area contributed by atoms with Crippen molar-refractivity contribution in [3.63, 3.8) is 0 Å². The van der Waals surface area contributed by atoms with E-state index in [0.29, 0.717) is 5.82 Å². The Morgan fingerprint density at radius 3 is 3.00 bits per heavy atom. The molecule has 2 N–H and O–H groups in total. The molecule has 3 heterocycles. The second kappa shape index (κ2) is 4.85. The normalized spacial score (nSPS) is 12.5. The Bertz CT molecular complexity index is 695. The monoisotopic (exact) mass is 273 g/mol. The van der Waals surface area contributed by atoms with Crippen molar-refractivity contribution in [3.8, 4) is 0 Å². The predicted molar refractivity (Wildman–Crippen MR) is 75.2 cm³/mol. The number of hydrogen-bond acceptors (Lipinski definition) is 4. The fourth-order valence-corrected chi connectivity index (χ4v) is 2.11. The van der Waals surface area contributed by atoms with Gasteiger partial charge in [0.15, 0.2) is 0 Å². The van der Waals surface area contributed by atoms with Crippen molar-refractivity contribution in [2.45, 2.75) is 13.0 Å². The maximum Gasteiger partial charge on any atom is 0.226 e. The van der Waals surface area contributed by atoms with Crippen molar-refractivity contribution in [1.82, 2.24) is 19.9 Å². The van der Waals surface area contributed by atoms with Crippen molar-refractivity contribution in [2.24, 2.45) is 0 Å². The molecule has 0 bridgehead atoms. The first kappa shape index (κ1) is 11.9. The third-order valence-corrected chi connectivity index (χ3v) is 3.10. The van der Waals surface area contributed by atoms with E-state index in [9.17, 15) is 0 Å². The Balaban J connectivity index is 1.95. The summed E-state index contributed by atoms with van der Waals surface area (Å²) in [6.07, 6.45) is 5.40. The molecule has 6 heteroatoms. The molecule has 3 rings (SSSR count). The van der Waals surface area contributed by atoms with Gasteiger partial charge in [0.25, 0.3) is 0 Å². The number of H-pyrrole nitrogens is 1. The first-order valence-corrected chi connectivity index (χ1v) is 6.29. The van der Waals surface area contributed by atoms with Crippen LogP contribution in [0.15, 0.2) is 36.8 Å². The summed E-state index contributed by atoms with van der Waals surface area (Å²) < 4.78 is 0. The lowest BCUT2D eigenvalue weighted by Crippen LogP contribution is -2.08. The van der Waals surface area contributed by atoms with E-state index in [1.54, 1.807) is 6.20 Å². The van der Waals surface area contributed by atoms with E-state index in [0.717, 1.165) is 16.6 Å². The smallest absolute Gasteiger partial charge is 0.226 e. The van der Waals surface area contributed by atoms with Gasteiger partial charge in [-0.1, -0.05) is 6.07 Å². The molecule has 1 unspecified atom stereocenters.